The maximum atomic E-state index is 10.7. The average Bonchev–Trinajstić information content (AvgIpc) is 2.42. The van der Waals surface area contributed by atoms with Gasteiger partial charge in [0.2, 0.25) is 5.91 Å². The first kappa shape index (κ1) is 26.9. The molecule has 3 nitrogen and oxygen atoms in total. The van der Waals surface area contributed by atoms with E-state index < -0.39 is 0 Å². The molecule has 0 atom stereocenters. The third-order valence-corrected chi connectivity index (χ3v) is 1.92. The maximum Gasteiger partial charge on any atom is 0.222 e. The summed E-state index contributed by atoms with van der Waals surface area (Å²) in [4.78, 5) is 14.5. The standard InChI is InChI=1S/C6H13NO.C6H15N.2C2H6/c1-4-5-6(8)7(2)3;1-4-5-6-7(2)3;2*1-2/h4-5H2,1-3H3;4-6H2,1-3H3;2*1-2H3. The van der Waals surface area contributed by atoms with Crippen LogP contribution in [0.2, 0.25) is 0 Å². The van der Waals surface area contributed by atoms with E-state index in [1.54, 1.807) is 19.0 Å². The van der Waals surface area contributed by atoms with E-state index in [1.807, 2.05) is 34.6 Å². The molecule has 0 aromatic rings. The predicted molar refractivity (Wildman–Crippen MR) is 89.8 cm³/mol. The molecule has 0 aromatic heterocycles. The number of hydrogen-bond donors (Lipinski definition) is 0. The fraction of sp³-hybridized carbons (Fsp3) is 0.938. The lowest BCUT2D eigenvalue weighted by atomic mass is 10.3. The zero-order chi connectivity index (χ0) is 16.3. The van der Waals surface area contributed by atoms with Gasteiger partial charge < -0.3 is 9.80 Å². The molecule has 0 aliphatic carbocycles. The molecule has 0 aliphatic rings. The van der Waals surface area contributed by atoms with Crippen LogP contribution in [0.25, 0.3) is 0 Å². The van der Waals surface area contributed by atoms with Gasteiger partial charge in [-0.2, -0.15) is 0 Å². The number of carbonyl (C=O) groups is 1. The van der Waals surface area contributed by atoms with Gasteiger partial charge >= 0.3 is 0 Å². The fourth-order valence-electron chi connectivity index (χ4n) is 0.912. The zero-order valence-corrected chi connectivity index (χ0v) is 15.3. The summed E-state index contributed by atoms with van der Waals surface area (Å²) in [5.74, 6) is 0.215. The van der Waals surface area contributed by atoms with E-state index >= 15 is 0 Å². The van der Waals surface area contributed by atoms with Crippen molar-refractivity contribution in [1.82, 2.24) is 9.80 Å². The van der Waals surface area contributed by atoms with Gasteiger partial charge in [0.1, 0.15) is 0 Å². The average molecular weight is 277 g/mol. The zero-order valence-electron chi connectivity index (χ0n) is 15.3. The second-order valence-electron chi connectivity index (χ2n) is 4.19. The Kier molecular flexibility index (Phi) is 36.9. The number of amides is 1. The van der Waals surface area contributed by atoms with Crippen molar-refractivity contribution in [2.24, 2.45) is 0 Å². The first-order chi connectivity index (χ1) is 8.95. The Morgan fingerprint density at radius 1 is 0.842 bits per heavy atom. The smallest absolute Gasteiger partial charge is 0.222 e. The Bertz CT molecular complexity index is 146. The molecule has 3 heteroatoms. The highest BCUT2D eigenvalue weighted by Crippen LogP contribution is 1.89. The number of rotatable bonds is 5. The van der Waals surface area contributed by atoms with E-state index in [0.717, 1.165) is 6.42 Å². The first-order valence-corrected chi connectivity index (χ1v) is 7.80. The summed E-state index contributed by atoms with van der Waals surface area (Å²) in [6.07, 6.45) is 4.25. The lowest BCUT2D eigenvalue weighted by molar-refractivity contribution is -0.128. The Morgan fingerprint density at radius 2 is 1.26 bits per heavy atom. The van der Waals surface area contributed by atoms with Crippen LogP contribution in [-0.4, -0.2) is 50.4 Å². The van der Waals surface area contributed by atoms with Crippen LogP contribution in [0.15, 0.2) is 0 Å². The van der Waals surface area contributed by atoms with Crippen LogP contribution in [0.5, 0.6) is 0 Å². The molecule has 0 spiro atoms. The van der Waals surface area contributed by atoms with E-state index in [-0.39, 0.29) is 5.91 Å². The second-order valence-corrected chi connectivity index (χ2v) is 4.19. The highest BCUT2D eigenvalue weighted by Gasteiger charge is 1.98. The number of unbranched alkanes of at least 4 members (excludes halogenated alkanes) is 1. The van der Waals surface area contributed by atoms with Gasteiger partial charge in [0.25, 0.3) is 0 Å². The van der Waals surface area contributed by atoms with Crippen molar-refractivity contribution in [3.63, 3.8) is 0 Å². The van der Waals surface area contributed by atoms with Crippen molar-refractivity contribution in [1.29, 1.82) is 0 Å². The van der Waals surface area contributed by atoms with Crippen molar-refractivity contribution in [2.75, 3.05) is 34.7 Å². The molecule has 0 aromatic carbocycles. The van der Waals surface area contributed by atoms with Gasteiger partial charge in [-0.3, -0.25) is 4.79 Å². The Labute approximate surface area is 123 Å². The highest BCUT2D eigenvalue weighted by atomic mass is 16.2. The number of carbonyl (C=O) groups excluding carboxylic acids is 1. The summed E-state index contributed by atoms with van der Waals surface area (Å²) in [5.41, 5.74) is 0. The minimum Gasteiger partial charge on any atom is -0.349 e. The molecule has 1 amide bonds. The van der Waals surface area contributed by atoms with Crippen molar-refractivity contribution >= 4 is 5.91 Å². The molecule has 0 saturated carbocycles. The summed E-state index contributed by atoms with van der Waals surface area (Å²) in [6, 6.07) is 0. The fourth-order valence-corrected chi connectivity index (χ4v) is 0.912. The normalized spacial score (nSPS) is 8.16. The molecule has 0 bridgehead atoms. The van der Waals surface area contributed by atoms with Crippen molar-refractivity contribution in [3.05, 3.63) is 0 Å². The molecule has 0 saturated heterocycles. The minimum absolute atomic E-state index is 0.215. The van der Waals surface area contributed by atoms with Gasteiger partial charge in [0.05, 0.1) is 0 Å². The molecule has 0 radical (unpaired) electrons. The third kappa shape index (κ3) is 38.1. The monoisotopic (exact) mass is 276 g/mol. The van der Waals surface area contributed by atoms with Crippen LogP contribution in [0, 0.1) is 0 Å². The Balaban J connectivity index is -0.0000000941. The van der Waals surface area contributed by atoms with Crippen LogP contribution in [0.4, 0.5) is 0 Å². The molecule has 120 valence electrons. The van der Waals surface area contributed by atoms with Crippen LogP contribution in [-0.2, 0) is 4.79 Å². The van der Waals surface area contributed by atoms with Gasteiger partial charge in [0.15, 0.2) is 0 Å². The quantitative estimate of drug-likeness (QED) is 0.748. The van der Waals surface area contributed by atoms with E-state index in [4.69, 9.17) is 0 Å². The highest BCUT2D eigenvalue weighted by molar-refractivity contribution is 5.75. The lowest BCUT2D eigenvalue weighted by Crippen LogP contribution is -2.20. The van der Waals surface area contributed by atoms with Crippen LogP contribution in [0.1, 0.15) is 67.2 Å². The van der Waals surface area contributed by atoms with Crippen LogP contribution < -0.4 is 0 Å². The largest absolute Gasteiger partial charge is 0.349 e. The van der Waals surface area contributed by atoms with E-state index in [9.17, 15) is 4.79 Å². The maximum absolute atomic E-state index is 10.7. The molecule has 0 fully saturated rings. The topological polar surface area (TPSA) is 23.6 Å². The van der Waals surface area contributed by atoms with E-state index in [0.29, 0.717) is 6.42 Å². The summed E-state index contributed by atoms with van der Waals surface area (Å²) in [6.45, 7) is 13.4. The Morgan fingerprint density at radius 3 is 1.37 bits per heavy atom. The third-order valence-electron chi connectivity index (χ3n) is 1.92. The van der Waals surface area contributed by atoms with E-state index in [2.05, 4.69) is 25.9 Å². The molecular weight excluding hydrogens is 236 g/mol. The second kappa shape index (κ2) is 26.1. The van der Waals surface area contributed by atoms with Crippen LogP contribution in [0.3, 0.4) is 0 Å². The molecule has 0 N–H and O–H groups in total. The summed E-state index contributed by atoms with van der Waals surface area (Å²) in [5, 5.41) is 0. The Hall–Kier alpha value is -0.570. The van der Waals surface area contributed by atoms with Gasteiger partial charge in [-0.15, -0.1) is 0 Å². The minimum atomic E-state index is 0.215. The van der Waals surface area contributed by atoms with Gasteiger partial charge in [0, 0.05) is 20.5 Å². The predicted octanol–water partition coefficient (Wildman–Crippen LogP) is 4.28. The number of nitrogens with zero attached hydrogens (tertiary/aromatic N) is 2. The van der Waals surface area contributed by atoms with Crippen LogP contribution >= 0.6 is 0 Å². The molecule has 0 heterocycles. The van der Waals surface area contributed by atoms with Gasteiger partial charge in [-0.25, -0.2) is 0 Å². The number of hydrogen-bond acceptors (Lipinski definition) is 2. The van der Waals surface area contributed by atoms with Crippen molar-refractivity contribution in [2.45, 2.75) is 67.2 Å². The summed E-state index contributed by atoms with van der Waals surface area (Å²) in [7, 11) is 7.77. The molecule has 0 unspecified atom stereocenters. The van der Waals surface area contributed by atoms with Gasteiger partial charge in [-0.1, -0.05) is 48.0 Å². The SMILES string of the molecule is CC.CC.CCCC(=O)N(C)C.CCCCN(C)C. The van der Waals surface area contributed by atoms with E-state index in [1.165, 1.54) is 19.4 Å². The van der Waals surface area contributed by atoms with Crippen molar-refractivity contribution < 1.29 is 4.79 Å². The molecule has 0 rings (SSSR count). The molecule has 19 heavy (non-hydrogen) atoms. The molecule has 0 aliphatic heterocycles. The summed E-state index contributed by atoms with van der Waals surface area (Å²) >= 11 is 0. The van der Waals surface area contributed by atoms with Crippen molar-refractivity contribution in [3.8, 4) is 0 Å². The van der Waals surface area contributed by atoms with Gasteiger partial charge in [-0.05, 0) is 33.5 Å². The first-order valence-electron chi connectivity index (χ1n) is 7.80. The summed E-state index contributed by atoms with van der Waals surface area (Å²) < 4.78 is 0. The lowest BCUT2D eigenvalue weighted by Gasteiger charge is -2.07. The molecular formula is C16H40N2O.